The normalized spacial score (nSPS) is 11.6. The second-order valence-electron chi connectivity index (χ2n) is 2.96. The van der Waals surface area contributed by atoms with E-state index >= 15 is 0 Å². The van der Waals surface area contributed by atoms with Crippen molar-refractivity contribution >= 4 is 11.8 Å². The maximum absolute atomic E-state index is 11.6. The summed E-state index contributed by atoms with van der Waals surface area (Å²) in [6.45, 7) is -0.533. The molecule has 0 radical (unpaired) electrons. The van der Waals surface area contributed by atoms with Gasteiger partial charge in [0.2, 0.25) is 0 Å². The number of hydrazine groups is 1. The lowest BCUT2D eigenvalue weighted by Crippen LogP contribution is -2.50. The quantitative estimate of drug-likeness (QED) is 0.272. The number of pyridine rings is 1. The molecule has 0 saturated carbocycles. The lowest BCUT2D eigenvalue weighted by atomic mass is 10.2. The molecule has 1 aromatic rings. The van der Waals surface area contributed by atoms with Crippen LogP contribution in [0.4, 0.5) is 0 Å². The Balaban J connectivity index is 2.66. The van der Waals surface area contributed by atoms with Gasteiger partial charge in [-0.15, -0.1) is 0 Å². The first kappa shape index (κ1) is 12.1. The number of nitrogens with two attached hydrogens (primary N) is 1. The van der Waals surface area contributed by atoms with Crippen LogP contribution in [-0.2, 0) is 4.79 Å². The average Bonchev–Trinajstić information content (AvgIpc) is 2.35. The summed E-state index contributed by atoms with van der Waals surface area (Å²) in [6, 6.07) is 2.06. The number of carbonyl (C=O) groups excluding carboxylic acids is 2. The molecule has 0 aliphatic heterocycles. The molecule has 0 spiro atoms. The number of aliphatic hydroxyl groups is 1. The van der Waals surface area contributed by atoms with Crippen LogP contribution in [0.15, 0.2) is 24.5 Å². The first-order valence-corrected chi connectivity index (χ1v) is 4.51. The molecule has 0 aliphatic rings. The van der Waals surface area contributed by atoms with E-state index in [0.717, 1.165) is 0 Å². The number of rotatable bonds is 4. The van der Waals surface area contributed by atoms with Gasteiger partial charge in [-0.3, -0.25) is 20.0 Å². The second-order valence-corrected chi connectivity index (χ2v) is 2.96. The molecule has 0 aliphatic carbocycles. The molecule has 16 heavy (non-hydrogen) atoms. The summed E-state index contributed by atoms with van der Waals surface area (Å²) >= 11 is 0. The maximum Gasteiger partial charge on any atom is 0.258 e. The highest BCUT2D eigenvalue weighted by Crippen LogP contribution is 1.96. The van der Waals surface area contributed by atoms with Crippen molar-refractivity contribution in [2.24, 2.45) is 5.84 Å². The molecule has 1 aromatic heterocycles. The number of hydrogen-bond acceptors (Lipinski definition) is 5. The molecule has 1 rings (SSSR count). The van der Waals surface area contributed by atoms with Crippen LogP contribution in [0, 0.1) is 0 Å². The summed E-state index contributed by atoms with van der Waals surface area (Å²) in [7, 11) is 0. The first-order valence-electron chi connectivity index (χ1n) is 4.51. The highest BCUT2D eigenvalue weighted by atomic mass is 16.3. The van der Waals surface area contributed by atoms with Crippen LogP contribution in [-0.4, -0.2) is 34.6 Å². The van der Waals surface area contributed by atoms with Gasteiger partial charge in [0.05, 0.1) is 12.2 Å². The monoisotopic (exact) mass is 224 g/mol. The van der Waals surface area contributed by atoms with E-state index in [1.165, 1.54) is 18.5 Å². The lowest BCUT2D eigenvalue weighted by Gasteiger charge is -2.13. The number of aliphatic hydroxyl groups excluding tert-OH is 1. The number of aromatic nitrogens is 1. The minimum Gasteiger partial charge on any atom is -0.394 e. The zero-order valence-electron chi connectivity index (χ0n) is 8.38. The standard InChI is InChI=1S/C9H12N4O3/c10-13-9(16)7(5-14)12-8(15)6-2-1-3-11-4-6/h1-4,7,14H,5,10H2,(H,12,15)(H,13,16). The molecule has 86 valence electrons. The molecular formula is C9H12N4O3. The van der Waals surface area contributed by atoms with Crippen molar-refractivity contribution in [1.82, 2.24) is 15.7 Å². The fourth-order valence-corrected chi connectivity index (χ4v) is 1.03. The van der Waals surface area contributed by atoms with Gasteiger partial charge in [0.15, 0.2) is 0 Å². The van der Waals surface area contributed by atoms with Crippen molar-refractivity contribution in [2.75, 3.05) is 6.61 Å². The molecule has 0 aromatic carbocycles. The van der Waals surface area contributed by atoms with Gasteiger partial charge in [0, 0.05) is 12.4 Å². The maximum atomic E-state index is 11.6. The molecular weight excluding hydrogens is 212 g/mol. The van der Waals surface area contributed by atoms with E-state index in [9.17, 15) is 9.59 Å². The third-order valence-electron chi connectivity index (χ3n) is 1.87. The first-order chi connectivity index (χ1) is 7.69. The summed E-state index contributed by atoms with van der Waals surface area (Å²) in [4.78, 5) is 26.4. The molecule has 7 nitrogen and oxygen atoms in total. The summed E-state index contributed by atoms with van der Waals surface area (Å²) in [5.74, 6) is 3.72. The van der Waals surface area contributed by atoms with Gasteiger partial charge < -0.3 is 10.4 Å². The molecule has 1 heterocycles. The Morgan fingerprint density at radius 2 is 2.31 bits per heavy atom. The Morgan fingerprint density at radius 3 is 2.81 bits per heavy atom. The zero-order valence-corrected chi connectivity index (χ0v) is 8.38. The molecule has 7 heteroatoms. The van der Waals surface area contributed by atoms with Crippen LogP contribution < -0.4 is 16.6 Å². The van der Waals surface area contributed by atoms with Crippen molar-refractivity contribution in [2.45, 2.75) is 6.04 Å². The molecule has 0 saturated heterocycles. The smallest absolute Gasteiger partial charge is 0.258 e. The lowest BCUT2D eigenvalue weighted by molar-refractivity contribution is -0.123. The Bertz CT molecular complexity index is 368. The number of amides is 2. The molecule has 0 fully saturated rings. The Morgan fingerprint density at radius 1 is 1.56 bits per heavy atom. The van der Waals surface area contributed by atoms with Gasteiger partial charge in [-0.25, -0.2) is 5.84 Å². The van der Waals surface area contributed by atoms with Crippen molar-refractivity contribution in [3.63, 3.8) is 0 Å². The van der Waals surface area contributed by atoms with Gasteiger partial charge in [-0.1, -0.05) is 0 Å². The molecule has 0 bridgehead atoms. The van der Waals surface area contributed by atoms with Crippen LogP contribution in [0.1, 0.15) is 10.4 Å². The fourth-order valence-electron chi connectivity index (χ4n) is 1.03. The van der Waals surface area contributed by atoms with Gasteiger partial charge in [-0.2, -0.15) is 0 Å². The number of nitrogens with zero attached hydrogens (tertiary/aromatic N) is 1. The van der Waals surface area contributed by atoms with E-state index in [2.05, 4.69) is 10.3 Å². The number of nitrogens with one attached hydrogen (secondary N) is 2. The van der Waals surface area contributed by atoms with E-state index < -0.39 is 24.5 Å². The number of hydrogen-bond donors (Lipinski definition) is 4. The van der Waals surface area contributed by atoms with E-state index in [-0.39, 0.29) is 0 Å². The Labute approximate surface area is 91.6 Å². The van der Waals surface area contributed by atoms with Gasteiger partial charge in [-0.05, 0) is 12.1 Å². The van der Waals surface area contributed by atoms with E-state index in [4.69, 9.17) is 10.9 Å². The minimum atomic E-state index is -1.07. The van der Waals surface area contributed by atoms with E-state index in [1.807, 2.05) is 5.43 Å². The highest BCUT2D eigenvalue weighted by molar-refractivity contribution is 5.97. The largest absolute Gasteiger partial charge is 0.394 e. The fraction of sp³-hybridized carbons (Fsp3) is 0.222. The SMILES string of the molecule is NNC(=O)C(CO)NC(=O)c1cccnc1. The van der Waals surface area contributed by atoms with Gasteiger partial charge in [0.1, 0.15) is 6.04 Å². The van der Waals surface area contributed by atoms with Crippen LogP contribution in [0.5, 0.6) is 0 Å². The van der Waals surface area contributed by atoms with Crippen molar-refractivity contribution < 1.29 is 14.7 Å². The number of carbonyl (C=O) groups is 2. The highest BCUT2D eigenvalue weighted by Gasteiger charge is 2.19. The zero-order chi connectivity index (χ0) is 12.0. The Hall–Kier alpha value is -1.99. The van der Waals surface area contributed by atoms with E-state index in [1.54, 1.807) is 6.07 Å². The molecule has 2 amide bonds. The third-order valence-corrected chi connectivity index (χ3v) is 1.87. The van der Waals surface area contributed by atoms with Gasteiger partial charge in [0.25, 0.3) is 11.8 Å². The molecule has 1 atom stereocenters. The average molecular weight is 224 g/mol. The van der Waals surface area contributed by atoms with Gasteiger partial charge >= 0.3 is 0 Å². The molecule has 5 N–H and O–H groups in total. The van der Waals surface area contributed by atoms with Crippen LogP contribution in [0.25, 0.3) is 0 Å². The van der Waals surface area contributed by atoms with Crippen molar-refractivity contribution in [1.29, 1.82) is 0 Å². The molecule has 1 unspecified atom stereocenters. The topological polar surface area (TPSA) is 117 Å². The summed E-state index contributed by atoms with van der Waals surface area (Å²) in [5, 5.41) is 11.2. The predicted octanol–water partition coefficient (Wildman–Crippen LogP) is -1.84. The van der Waals surface area contributed by atoms with Crippen molar-refractivity contribution in [3.8, 4) is 0 Å². The predicted molar refractivity (Wildman–Crippen MR) is 54.9 cm³/mol. The summed E-state index contributed by atoms with van der Waals surface area (Å²) in [6.07, 6.45) is 2.87. The van der Waals surface area contributed by atoms with Crippen molar-refractivity contribution in [3.05, 3.63) is 30.1 Å². The van der Waals surface area contributed by atoms with Crippen LogP contribution >= 0.6 is 0 Å². The van der Waals surface area contributed by atoms with E-state index in [0.29, 0.717) is 5.56 Å². The summed E-state index contributed by atoms with van der Waals surface area (Å²) in [5.41, 5.74) is 2.14. The minimum absolute atomic E-state index is 0.297. The third kappa shape index (κ3) is 3.01. The second kappa shape index (κ2) is 5.79. The van der Waals surface area contributed by atoms with Crippen LogP contribution in [0.2, 0.25) is 0 Å². The van der Waals surface area contributed by atoms with Crippen LogP contribution in [0.3, 0.4) is 0 Å². The summed E-state index contributed by atoms with van der Waals surface area (Å²) < 4.78 is 0. The Kier molecular flexibility index (Phi) is 4.37.